The summed E-state index contributed by atoms with van der Waals surface area (Å²) in [6.07, 6.45) is 8.76. The zero-order valence-electron chi connectivity index (χ0n) is 20.7. The van der Waals surface area contributed by atoms with Crippen LogP contribution in [0.5, 0.6) is 0 Å². The minimum atomic E-state index is 0.269. The van der Waals surface area contributed by atoms with Crippen molar-refractivity contribution in [2.75, 3.05) is 13.1 Å². The summed E-state index contributed by atoms with van der Waals surface area (Å²) in [4.78, 5) is 10.3. The van der Waals surface area contributed by atoms with Crippen LogP contribution in [0.4, 0.5) is 0 Å². The molecule has 1 saturated heterocycles. The van der Waals surface area contributed by atoms with Gasteiger partial charge in [-0.05, 0) is 74.0 Å². The molecular weight excluding hydrogens is 535 g/mol. The van der Waals surface area contributed by atoms with E-state index in [2.05, 4.69) is 40.7 Å². The Bertz CT molecular complexity index is 1640. The first-order valence-electron chi connectivity index (χ1n) is 12.7. The largest absolute Gasteiger partial charge is 0.317 e. The summed E-state index contributed by atoms with van der Waals surface area (Å²) < 4.78 is 2.19. The molecule has 0 aromatic heterocycles. The van der Waals surface area contributed by atoms with Crippen molar-refractivity contribution in [1.82, 2.24) is 14.9 Å². The molecule has 6 rings (SSSR count). The molecule has 2 aliphatic heterocycles. The van der Waals surface area contributed by atoms with Crippen molar-refractivity contribution >= 4 is 45.8 Å². The molecule has 190 valence electrons. The molecule has 1 fully saturated rings. The van der Waals surface area contributed by atoms with E-state index in [9.17, 15) is 0 Å². The zero-order valence-corrected chi connectivity index (χ0v) is 23.0. The summed E-state index contributed by atoms with van der Waals surface area (Å²) in [6.45, 7) is 5.95. The van der Waals surface area contributed by atoms with Gasteiger partial charge in [-0.15, -0.1) is 0 Å². The van der Waals surface area contributed by atoms with Crippen LogP contribution in [0.3, 0.4) is 0 Å². The minimum absolute atomic E-state index is 0.269. The summed E-state index contributed by atoms with van der Waals surface area (Å²) in [5, 5.41) is 6.11. The van der Waals surface area contributed by atoms with Gasteiger partial charge in [0.1, 0.15) is 0 Å². The molecule has 0 amide bonds. The summed E-state index contributed by atoms with van der Waals surface area (Å²) in [7, 11) is 0. The molecule has 4 aliphatic rings. The van der Waals surface area contributed by atoms with E-state index in [0.29, 0.717) is 21.5 Å². The van der Waals surface area contributed by atoms with E-state index in [0.717, 1.165) is 76.5 Å². The van der Waals surface area contributed by atoms with E-state index in [1.807, 2.05) is 48.6 Å². The lowest BCUT2D eigenvalue weighted by atomic mass is 9.92. The second kappa shape index (κ2) is 10.6. The highest BCUT2D eigenvalue weighted by Crippen LogP contribution is 2.33. The van der Waals surface area contributed by atoms with Crippen molar-refractivity contribution in [3.8, 4) is 17.1 Å². The van der Waals surface area contributed by atoms with Gasteiger partial charge in [0.25, 0.3) is 0 Å². The first-order valence-corrected chi connectivity index (χ1v) is 13.8. The lowest BCUT2D eigenvalue weighted by Crippen LogP contribution is -2.31. The average molecular weight is 561 g/mol. The number of para-hydroxylation sites is 2. The smallest absolute Gasteiger partial charge is 0.153 e. The molecule has 4 nitrogen and oxygen atoms in total. The Labute approximate surface area is 237 Å². The number of piperidine rings is 1. The fraction of sp³-hybridized carbons (Fsp3) is 0.194. The highest BCUT2D eigenvalue weighted by atomic mass is 35.5. The van der Waals surface area contributed by atoms with Gasteiger partial charge >= 0.3 is 0 Å². The maximum absolute atomic E-state index is 6.46. The van der Waals surface area contributed by atoms with Gasteiger partial charge in [0.15, 0.2) is 5.03 Å². The summed E-state index contributed by atoms with van der Waals surface area (Å²) >= 11 is 19.2. The molecule has 2 aromatic carbocycles. The standard InChI is InChI=1S/C31H26Cl3N4/c1-19-6-7-20(15-25(19)33)14-21-16-29-31(18-28(21)36-22-10-12-35-13-11-22)38(23-8-9-24(32)26(34)17-23)30-5-3-2-4-27(30)37-29/h2-9,15-18,22,35H,1,10-14H2/q+1. The van der Waals surface area contributed by atoms with Crippen molar-refractivity contribution in [3.05, 3.63) is 117 Å². The van der Waals surface area contributed by atoms with Gasteiger partial charge in [-0.2, -0.15) is 0 Å². The van der Waals surface area contributed by atoms with E-state index in [-0.39, 0.29) is 6.04 Å². The van der Waals surface area contributed by atoms with Crippen LogP contribution in [0.2, 0.25) is 10.0 Å². The van der Waals surface area contributed by atoms with Crippen LogP contribution in [0.1, 0.15) is 18.4 Å². The Balaban J connectivity index is 1.59. The molecule has 0 spiro atoms. The Morgan fingerprint density at radius 3 is 2.63 bits per heavy atom. The summed E-state index contributed by atoms with van der Waals surface area (Å²) in [5.41, 5.74) is 6.58. The van der Waals surface area contributed by atoms with Gasteiger partial charge in [0.05, 0.1) is 67.5 Å². The molecular formula is C31H26Cl3N4+. The van der Waals surface area contributed by atoms with Crippen LogP contribution in [0.25, 0.3) is 28.1 Å². The maximum Gasteiger partial charge on any atom is 0.153 e. The Morgan fingerprint density at radius 2 is 1.84 bits per heavy atom. The molecule has 2 heterocycles. The number of halogens is 3. The third-order valence-corrected chi connectivity index (χ3v) is 8.17. The average Bonchev–Trinajstić information content (AvgIpc) is 2.92. The fourth-order valence-electron chi connectivity index (χ4n) is 5.10. The molecule has 0 saturated carbocycles. The summed E-state index contributed by atoms with van der Waals surface area (Å²) in [5.74, 6) is 1.11. The predicted molar refractivity (Wildman–Crippen MR) is 158 cm³/mol. The Morgan fingerprint density at radius 1 is 1.03 bits per heavy atom. The highest BCUT2D eigenvalue weighted by Gasteiger charge is 2.23. The second-order valence-electron chi connectivity index (χ2n) is 9.72. The van der Waals surface area contributed by atoms with Crippen molar-refractivity contribution in [3.63, 3.8) is 0 Å². The Hall–Kier alpha value is -3.02. The molecule has 0 bridgehead atoms. The molecule has 7 heteroatoms. The Kier molecular flexibility index (Phi) is 7.07. The first-order chi connectivity index (χ1) is 18.5. The van der Waals surface area contributed by atoms with Gasteiger partial charge in [-0.1, -0.05) is 41.9 Å². The summed E-state index contributed by atoms with van der Waals surface area (Å²) in [6, 6.07) is 18.5. The number of nitrogens with zero attached hydrogens (tertiary/aromatic N) is 3. The molecule has 2 aliphatic carbocycles. The monoisotopic (exact) mass is 559 g/mol. The van der Waals surface area contributed by atoms with E-state index in [1.165, 1.54) is 0 Å². The minimum Gasteiger partial charge on any atom is -0.317 e. The van der Waals surface area contributed by atoms with Crippen molar-refractivity contribution in [1.29, 1.82) is 0 Å². The molecule has 1 N–H and O–H groups in total. The van der Waals surface area contributed by atoms with E-state index in [1.54, 1.807) is 0 Å². The van der Waals surface area contributed by atoms with Gasteiger partial charge < -0.3 is 9.88 Å². The number of nitrogens with one attached hydrogen (secondary N) is 1. The van der Waals surface area contributed by atoms with E-state index >= 15 is 0 Å². The van der Waals surface area contributed by atoms with Gasteiger partial charge in [-0.3, -0.25) is 4.99 Å². The van der Waals surface area contributed by atoms with Crippen LogP contribution in [0.15, 0.2) is 95.0 Å². The van der Waals surface area contributed by atoms with Crippen LogP contribution < -0.4 is 10.7 Å². The number of rotatable bonds is 4. The van der Waals surface area contributed by atoms with Crippen LogP contribution >= 0.6 is 34.8 Å². The quantitative estimate of drug-likeness (QED) is 0.208. The fourth-order valence-corrected chi connectivity index (χ4v) is 5.60. The van der Waals surface area contributed by atoms with Gasteiger partial charge in [0, 0.05) is 29.8 Å². The van der Waals surface area contributed by atoms with Crippen molar-refractivity contribution < 1.29 is 0 Å². The predicted octanol–water partition coefficient (Wildman–Crippen LogP) is 7.46. The normalized spacial score (nSPS) is 17.0. The number of aromatic nitrogens is 2. The third-order valence-electron chi connectivity index (χ3n) is 7.08. The topological polar surface area (TPSA) is 42.2 Å². The number of hydrogen-bond acceptors (Lipinski definition) is 3. The first kappa shape index (κ1) is 25.3. The van der Waals surface area contributed by atoms with Crippen molar-refractivity contribution in [2.45, 2.75) is 25.3 Å². The van der Waals surface area contributed by atoms with Crippen LogP contribution in [-0.2, 0) is 6.42 Å². The molecule has 2 aromatic rings. The molecule has 0 radical (unpaired) electrons. The third kappa shape index (κ3) is 5.02. The SMILES string of the molecule is C=C1C=C[C+](Cc2cc3nc4ccccc4n(-c4ccc(Cl)c(Cl)c4)c-3cc2=NC2CCNCC2)C=C1Cl. The van der Waals surface area contributed by atoms with Crippen LogP contribution in [0, 0.1) is 5.92 Å². The number of allylic oxidation sites excluding steroid dienone is 5. The zero-order chi connectivity index (χ0) is 26.2. The van der Waals surface area contributed by atoms with E-state index < -0.39 is 0 Å². The number of fused-ring (bicyclic) bond motifs is 2. The van der Waals surface area contributed by atoms with Gasteiger partial charge in [0.2, 0.25) is 0 Å². The van der Waals surface area contributed by atoms with Crippen LogP contribution in [-0.4, -0.2) is 28.7 Å². The number of benzene rings is 3. The second-order valence-corrected chi connectivity index (χ2v) is 10.9. The lowest BCUT2D eigenvalue weighted by molar-refractivity contribution is 0.453. The van der Waals surface area contributed by atoms with E-state index in [4.69, 9.17) is 44.8 Å². The highest BCUT2D eigenvalue weighted by molar-refractivity contribution is 6.42. The molecule has 0 atom stereocenters. The molecule has 38 heavy (non-hydrogen) atoms. The lowest BCUT2D eigenvalue weighted by Gasteiger charge is -2.22. The molecule has 0 unspecified atom stereocenters. The van der Waals surface area contributed by atoms with Crippen molar-refractivity contribution in [2.24, 2.45) is 4.99 Å². The number of hydrogen-bond donors (Lipinski definition) is 1. The van der Waals surface area contributed by atoms with Gasteiger partial charge in [-0.25, -0.2) is 4.98 Å². The maximum atomic E-state index is 6.46.